The Hall–Kier alpha value is -2.28. The van der Waals surface area contributed by atoms with Gasteiger partial charge in [0.05, 0.1) is 4.92 Å². The van der Waals surface area contributed by atoms with Crippen molar-refractivity contribution in [2.75, 3.05) is 6.54 Å². The first-order valence-corrected chi connectivity index (χ1v) is 6.90. The molecule has 0 atom stereocenters. The zero-order chi connectivity index (χ0) is 14.9. The van der Waals surface area contributed by atoms with E-state index >= 15 is 0 Å². The summed E-state index contributed by atoms with van der Waals surface area (Å²) in [6.07, 6.45) is 3.93. The molecule has 1 aromatic heterocycles. The van der Waals surface area contributed by atoms with Crippen molar-refractivity contribution in [2.24, 2.45) is 11.1 Å². The van der Waals surface area contributed by atoms with Gasteiger partial charge in [-0.05, 0) is 30.9 Å². The molecule has 110 valence electrons. The van der Waals surface area contributed by atoms with Crippen LogP contribution in [0.1, 0.15) is 25.2 Å². The molecule has 1 aliphatic rings. The summed E-state index contributed by atoms with van der Waals surface area (Å²) in [4.78, 5) is 14.9. The summed E-state index contributed by atoms with van der Waals surface area (Å²) < 4.78 is 5.25. The van der Waals surface area contributed by atoms with Gasteiger partial charge >= 0.3 is 0 Å². The SMILES string of the molecule is NCC1(Cc2nc(-c3ccccc3[N+](=O)[O-])no2)CCC1. The molecule has 2 N–H and O–H groups in total. The number of aromatic nitrogens is 2. The van der Waals surface area contributed by atoms with Crippen molar-refractivity contribution in [3.8, 4) is 11.4 Å². The van der Waals surface area contributed by atoms with E-state index in [1.54, 1.807) is 18.2 Å². The van der Waals surface area contributed by atoms with E-state index in [4.69, 9.17) is 10.3 Å². The van der Waals surface area contributed by atoms with Crippen molar-refractivity contribution in [1.82, 2.24) is 10.1 Å². The van der Waals surface area contributed by atoms with E-state index in [1.807, 2.05) is 0 Å². The lowest BCUT2D eigenvalue weighted by atomic mass is 9.67. The summed E-state index contributed by atoms with van der Waals surface area (Å²) in [7, 11) is 0. The van der Waals surface area contributed by atoms with Gasteiger partial charge in [0, 0.05) is 12.5 Å². The van der Waals surface area contributed by atoms with Gasteiger partial charge in [-0.15, -0.1) is 0 Å². The van der Waals surface area contributed by atoms with Gasteiger partial charge in [-0.3, -0.25) is 10.1 Å². The van der Waals surface area contributed by atoms with Gasteiger partial charge in [-0.25, -0.2) is 0 Å². The van der Waals surface area contributed by atoms with E-state index in [1.165, 1.54) is 12.5 Å². The van der Waals surface area contributed by atoms with Gasteiger partial charge in [0.1, 0.15) is 5.56 Å². The fourth-order valence-electron chi connectivity index (χ4n) is 2.71. The number of benzene rings is 1. The lowest BCUT2D eigenvalue weighted by molar-refractivity contribution is -0.384. The predicted octanol–water partition coefficient (Wildman–Crippen LogP) is 2.32. The molecule has 0 spiro atoms. The second-order valence-corrected chi connectivity index (χ2v) is 5.52. The van der Waals surface area contributed by atoms with Crippen LogP contribution in [0, 0.1) is 15.5 Å². The second-order valence-electron chi connectivity index (χ2n) is 5.52. The maximum Gasteiger partial charge on any atom is 0.280 e. The van der Waals surface area contributed by atoms with Gasteiger partial charge in [-0.1, -0.05) is 23.7 Å². The molecule has 0 bridgehead atoms. The normalized spacial score (nSPS) is 16.4. The highest BCUT2D eigenvalue weighted by Gasteiger charge is 2.37. The minimum absolute atomic E-state index is 0.0259. The van der Waals surface area contributed by atoms with E-state index in [-0.39, 0.29) is 16.9 Å². The molecule has 0 unspecified atom stereocenters. The Kier molecular flexibility index (Phi) is 3.42. The molecular formula is C14H16N4O3. The highest BCUT2D eigenvalue weighted by molar-refractivity contribution is 5.67. The second kappa shape index (κ2) is 5.25. The Morgan fingerprint density at radius 3 is 2.76 bits per heavy atom. The third-order valence-corrected chi connectivity index (χ3v) is 4.18. The van der Waals surface area contributed by atoms with Crippen LogP contribution in [0.15, 0.2) is 28.8 Å². The molecule has 0 radical (unpaired) electrons. The topological polar surface area (TPSA) is 108 Å². The molecule has 1 saturated carbocycles. The van der Waals surface area contributed by atoms with Gasteiger partial charge < -0.3 is 10.3 Å². The van der Waals surface area contributed by atoms with Crippen molar-refractivity contribution in [3.05, 3.63) is 40.3 Å². The molecule has 7 heteroatoms. The average Bonchev–Trinajstić information content (AvgIpc) is 2.91. The minimum Gasteiger partial charge on any atom is -0.339 e. The van der Waals surface area contributed by atoms with Crippen LogP contribution < -0.4 is 5.73 Å². The van der Waals surface area contributed by atoms with Crippen LogP contribution in [0.4, 0.5) is 5.69 Å². The maximum atomic E-state index is 11.0. The number of hydrogen-bond donors (Lipinski definition) is 1. The first-order valence-electron chi connectivity index (χ1n) is 6.90. The molecule has 3 rings (SSSR count). The Balaban J connectivity index is 1.87. The first kappa shape index (κ1) is 13.7. The Morgan fingerprint density at radius 2 is 2.14 bits per heavy atom. The average molecular weight is 288 g/mol. The van der Waals surface area contributed by atoms with Gasteiger partial charge in [0.2, 0.25) is 11.7 Å². The summed E-state index contributed by atoms with van der Waals surface area (Å²) >= 11 is 0. The summed E-state index contributed by atoms with van der Waals surface area (Å²) in [5, 5.41) is 14.9. The van der Waals surface area contributed by atoms with E-state index < -0.39 is 4.92 Å². The Labute approximate surface area is 121 Å². The molecule has 2 aromatic rings. The third-order valence-electron chi connectivity index (χ3n) is 4.18. The first-order chi connectivity index (χ1) is 10.1. The van der Waals surface area contributed by atoms with Gasteiger partial charge in [-0.2, -0.15) is 4.98 Å². The van der Waals surface area contributed by atoms with Crippen LogP contribution in [-0.4, -0.2) is 21.6 Å². The molecule has 0 aliphatic heterocycles. The van der Waals surface area contributed by atoms with Crippen LogP contribution in [-0.2, 0) is 6.42 Å². The van der Waals surface area contributed by atoms with Crippen molar-refractivity contribution in [3.63, 3.8) is 0 Å². The summed E-state index contributed by atoms with van der Waals surface area (Å²) in [5.41, 5.74) is 6.22. The highest BCUT2D eigenvalue weighted by atomic mass is 16.6. The van der Waals surface area contributed by atoms with Gasteiger partial charge in [0.25, 0.3) is 5.69 Å². The number of nitrogens with two attached hydrogens (primary N) is 1. The number of nitrogens with zero attached hydrogens (tertiary/aromatic N) is 3. The van der Waals surface area contributed by atoms with E-state index in [9.17, 15) is 10.1 Å². The Morgan fingerprint density at radius 1 is 1.38 bits per heavy atom. The quantitative estimate of drug-likeness (QED) is 0.668. The van der Waals surface area contributed by atoms with Crippen LogP contribution in [0.2, 0.25) is 0 Å². The highest BCUT2D eigenvalue weighted by Crippen LogP contribution is 2.42. The standard InChI is InChI=1S/C14H16N4O3/c15-9-14(6-3-7-14)8-12-16-13(17-21-12)10-4-1-2-5-11(10)18(19)20/h1-2,4-5H,3,6-9,15H2. The van der Waals surface area contributed by atoms with Crippen LogP contribution in [0.5, 0.6) is 0 Å². The monoisotopic (exact) mass is 288 g/mol. The molecule has 0 amide bonds. The summed E-state index contributed by atoms with van der Waals surface area (Å²) in [6, 6.07) is 6.37. The number of rotatable bonds is 5. The zero-order valence-electron chi connectivity index (χ0n) is 11.5. The molecule has 1 aliphatic carbocycles. The number of nitro benzene ring substituents is 1. The van der Waals surface area contributed by atoms with Crippen LogP contribution in [0.3, 0.4) is 0 Å². The van der Waals surface area contributed by atoms with E-state index in [0.717, 1.165) is 12.8 Å². The van der Waals surface area contributed by atoms with Gasteiger partial charge in [0.15, 0.2) is 0 Å². The minimum atomic E-state index is -0.446. The van der Waals surface area contributed by atoms with E-state index in [0.29, 0.717) is 24.4 Å². The summed E-state index contributed by atoms with van der Waals surface area (Å²) in [5.74, 6) is 0.747. The van der Waals surface area contributed by atoms with Crippen molar-refractivity contribution in [1.29, 1.82) is 0 Å². The maximum absolute atomic E-state index is 11.0. The molecule has 1 aromatic carbocycles. The molecule has 1 fully saturated rings. The lowest BCUT2D eigenvalue weighted by Crippen LogP contribution is -2.39. The largest absolute Gasteiger partial charge is 0.339 e. The predicted molar refractivity (Wildman–Crippen MR) is 75.4 cm³/mol. The van der Waals surface area contributed by atoms with Crippen molar-refractivity contribution >= 4 is 5.69 Å². The molecule has 7 nitrogen and oxygen atoms in total. The zero-order valence-corrected chi connectivity index (χ0v) is 11.5. The number of hydrogen-bond acceptors (Lipinski definition) is 6. The summed E-state index contributed by atoms with van der Waals surface area (Å²) in [6.45, 7) is 0.593. The van der Waals surface area contributed by atoms with Crippen LogP contribution >= 0.6 is 0 Å². The number of para-hydroxylation sites is 1. The third kappa shape index (κ3) is 2.52. The molecule has 1 heterocycles. The van der Waals surface area contributed by atoms with E-state index in [2.05, 4.69) is 10.1 Å². The lowest BCUT2D eigenvalue weighted by Gasteiger charge is -2.39. The fourth-order valence-corrected chi connectivity index (χ4v) is 2.71. The van der Waals surface area contributed by atoms with Crippen molar-refractivity contribution in [2.45, 2.75) is 25.7 Å². The van der Waals surface area contributed by atoms with Crippen molar-refractivity contribution < 1.29 is 9.45 Å². The number of nitro groups is 1. The smallest absolute Gasteiger partial charge is 0.280 e. The Bertz CT molecular complexity index is 658. The van der Waals surface area contributed by atoms with Crippen LogP contribution in [0.25, 0.3) is 11.4 Å². The fraction of sp³-hybridized carbons (Fsp3) is 0.429. The molecule has 21 heavy (non-hydrogen) atoms. The molecule has 0 saturated heterocycles. The molecular weight excluding hydrogens is 272 g/mol.